The van der Waals surface area contributed by atoms with Crippen molar-refractivity contribution in [2.75, 3.05) is 31.2 Å². The van der Waals surface area contributed by atoms with Gasteiger partial charge in [0.15, 0.2) is 5.82 Å². The lowest BCUT2D eigenvalue weighted by atomic mass is 10.1. The number of anilines is 1. The molecule has 0 aliphatic carbocycles. The van der Waals surface area contributed by atoms with E-state index in [-0.39, 0.29) is 29.8 Å². The van der Waals surface area contributed by atoms with Crippen LogP contribution >= 0.6 is 0 Å². The number of phenols is 1. The molecule has 7 heteroatoms. The molecule has 128 valence electrons. The molecule has 2 heterocycles. The van der Waals surface area contributed by atoms with Crippen molar-refractivity contribution in [3.63, 3.8) is 0 Å². The van der Waals surface area contributed by atoms with Crippen molar-refractivity contribution in [2.45, 2.75) is 0 Å². The fourth-order valence-electron chi connectivity index (χ4n) is 3.36. The molecule has 0 saturated heterocycles. The molecule has 0 bridgehead atoms. The van der Waals surface area contributed by atoms with Gasteiger partial charge in [0.1, 0.15) is 5.75 Å². The highest BCUT2D eigenvalue weighted by molar-refractivity contribution is 6.08. The van der Waals surface area contributed by atoms with Crippen molar-refractivity contribution in [3.8, 4) is 5.75 Å². The number of benzene rings is 2. The van der Waals surface area contributed by atoms with Crippen LogP contribution in [0.25, 0.3) is 27.2 Å². The number of fused-ring (bicyclic) bond motifs is 2. The predicted molar refractivity (Wildman–Crippen MR) is 95.7 cm³/mol. The van der Waals surface area contributed by atoms with E-state index in [1.54, 1.807) is 33.7 Å². The molecule has 3 N–H and O–H groups in total. The summed E-state index contributed by atoms with van der Waals surface area (Å²) in [6.45, 7) is 0.431. The molecule has 0 aliphatic rings. The minimum atomic E-state index is -0.242. The molecule has 0 fully saturated rings. The van der Waals surface area contributed by atoms with Crippen LogP contribution in [-0.2, 0) is 0 Å². The number of para-hydroxylation sites is 1. The topological polar surface area (TPSA) is 98.3 Å². The van der Waals surface area contributed by atoms with Crippen molar-refractivity contribution in [2.24, 2.45) is 0 Å². The van der Waals surface area contributed by atoms with Crippen LogP contribution in [0.5, 0.6) is 5.75 Å². The van der Waals surface area contributed by atoms with E-state index in [1.807, 2.05) is 6.07 Å². The fourth-order valence-corrected chi connectivity index (χ4v) is 3.36. The van der Waals surface area contributed by atoms with Gasteiger partial charge in [-0.25, -0.2) is 4.52 Å². The molecule has 25 heavy (non-hydrogen) atoms. The molecule has 0 radical (unpaired) electrons. The zero-order valence-corrected chi connectivity index (χ0v) is 13.4. The molecular weight excluding hydrogens is 322 g/mol. The number of aliphatic hydroxyl groups excluding tert-OH is 2. The zero-order chi connectivity index (χ0) is 17.6. The molecule has 4 aromatic rings. The smallest absolute Gasteiger partial charge is 0.201 e. The number of rotatable bonds is 5. The van der Waals surface area contributed by atoms with Gasteiger partial charge in [0.25, 0.3) is 0 Å². The number of pyridine rings is 1. The summed E-state index contributed by atoms with van der Waals surface area (Å²) in [7, 11) is 0. The first kappa shape index (κ1) is 15.6. The molecule has 0 amide bonds. The van der Waals surface area contributed by atoms with Crippen molar-refractivity contribution in [1.29, 1.82) is 0 Å². The van der Waals surface area contributed by atoms with Gasteiger partial charge in [-0.15, -0.1) is 5.10 Å². The van der Waals surface area contributed by atoms with E-state index in [0.29, 0.717) is 40.7 Å². The number of aromatic nitrogens is 2. The third-order valence-electron chi connectivity index (χ3n) is 4.45. The standard InChI is InChI=1S/C18H17N3O4/c22-9-7-20(8-10-23)18-12-5-6-14(24)15-16(12)21(19-18)13-4-2-1-3-11(13)17(15)25/h1-6,22-24H,7-10H2. The molecule has 2 aromatic heterocycles. The Bertz CT molecular complexity index is 1120. The van der Waals surface area contributed by atoms with Crippen LogP contribution in [0.4, 0.5) is 5.82 Å². The molecular formula is C18H17N3O4. The average Bonchev–Trinajstić information content (AvgIpc) is 3.00. The SMILES string of the molecule is O=c1c2ccccc2n2nc(N(CCO)CCO)c3ccc(O)c1c32. The van der Waals surface area contributed by atoms with E-state index in [4.69, 9.17) is 0 Å². The Kier molecular flexibility index (Phi) is 3.67. The van der Waals surface area contributed by atoms with Gasteiger partial charge in [-0.05, 0) is 24.3 Å². The first-order valence-corrected chi connectivity index (χ1v) is 8.03. The Labute approximate surface area is 142 Å². The maximum absolute atomic E-state index is 12.9. The molecule has 0 unspecified atom stereocenters. The molecule has 4 rings (SSSR count). The number of nitrogens with zero attached hydrogens (tertiary/aromatic N) is 3. The lowest BCUT2D eigenvalue weighted by molar-refractivity contribution is 0.281. The van der Waals surface area contributed by atoms with Crippen LogP contribution in [0.2, 0.25) is 0 Å². The zero-order valence-electron chi connectivity index (χ0n) is 13.4. The summed E-state index contributed by atoms with van der Waals surface area (Å²) >= 11 is 0. The number of aliphatic hydroxyl groups is 2. The fraction of sp³-hybridized carbons (Fsp3) is 0.222. The maximum atomic E-state index is 12.9. The lowest BCUT2D eigenvalue weighted by Crippen LogP contribution is -2.30. The van der Waals surface area contributed by atoms with Gasteiger partial charge in [-0.3, -0.25) is 4.79 Å². The van der Waals surface area contributed by atoms with Gasteiger partial charge in [0, 0.05) is 23.9 Å². The van der Waals surface area contributed by atoms with Crippen LogP contribution in [0.15, 0.2) is 41.2 Å². The third-order valence-corrected chi connectivity index (χ3v) is 4.45. The summed E-state index contributed by atoms with van der Waals surface area (Å²) in [5, 5.41) is 34.9. The first-order valence-electron chi connectivity index (χ1n) is 8.03. The Hall–Kier alpha value is -2.90. The van der Waals surface area contributed by atoms with Crippen molar-refractivity contribution in [1.82, 2.24) is 9.61 Å². The van der Waals surface area contributed by atoms with Crippen LogP contribution in [0.1, 0.15) is 0 Å². The van der Waals surface area contributed by atoms with E-state index < -0.39 is 0 Å². The summed E-state index contributed by atoms with van der Waals surface area (Å²) in [5.74, 6) is 0.472. The van der Waals surface area contributed by atoms with Gasteiger partial charge in [-0.1, -0.05) is 12.1 Å². The molecule has 0 atom stereocenters. The van der Waals surface area contributed by atoms with E-state index >= 15 is 0 Å². The summed E-state index contributed by atoms with van der Waals surface area (Å²) in [4.78, 5) is 14.6. The highest BCUT2D eigenvalue weighted by Gasteiger charge is 2.22. The second-order valence-electron chi connectivity index (χ2n) is 5.87. The monoisotopic (exact) mass is 339 g/mol. The van der Waals surface area contributed by atoms with Crippen LogP contribution < -0.4 is 10.3 Å². The maximum Gasteiger partial charge on any atom is 0.201 e. The summed E-state index contributed by atoms with van der Waals surface area (Å²) in [6.07, 6.45) is 0. The number of aromatic hydroxyl groups is 1. The van der Waals surface area contributed by atoms with Gasteiger partial charge in [-0.2, -0.15) is 0 Å². The minimum Gasteiger partial charge on any atom is -0.507 e. The normalized spacial score (nSPS) is 11.8. The number of hydrogen-bond donors (Lipinski definition) is 3. The molecule has 0 spiro atoms. The van der Waals surface area contributed by atoms with E-state index in [2.05, 4.69) is 5.10 Å². The Balaban J connectivity index is 2.17. The second-order valence-corrected chi connectivity index (χ2v) is 5.87. The number of phenolic OH excluding ortho intramolecular Hbond substituents is 1. The number of hydrogen-bond acceptors (Lipinski definition) is 6. The average molecular weight is 339 g/mol. The molecule has 0 saturated carbocycles. The largest absolute Gasteiger partial charge is 0.507 e. The summed E-state index contributed by atoms with van der Waals surface area (Å²) in [5.41, 5.74) is 0.947. The second kappa shape index (κ2) is 5.87. The molecule has 7 nitrogen and oxygen atoms in total. The van der Waals surface area contributed by atoms with Gasteiger partial charge < -0.3 is 20.2 Å². The third kappa shape index (κ3) is 2.20. The minimum absolute atomic E-state index is 0.0874. The first-order chi connectivity index (χ1) is 12.2. The Morgan fingerprint density at radius 3 is 2.44 bits per heavy atom. The van der Waals surface area contributed by atoms with Gasteiger partial charge >= 0.3 is 0 Å². The van der Waals surface area contributed by atoms with Gasteiger partial charge in [0.05, 0.1) is 29.6 Å². The summed E-state index contributed by atoms with van der Waals surface area (Å²) < 4.78 is 1.65. The predicted octanol–water partition coefficient (Wildman–Crippen LogP) is 0.935. The van der Waals surface area contributed by atoms with Crippen LogP contribution in [-0.4, -0.2) is 51.2 Å². The van der Waals surface area contributed by atoms with Gasteiger partial charge in [0.2, 0.25) is 5.43 Å². The van der Waals surface area contributed by atoms with E-state index in [9.17, 15) is 20.1 Å². The van der Waals surface area contributed by atoms with E-state index in [0.717, 1.165) is 0 Å². The van der Waals surface area contributed by atoms with Crippen molar-refractivity contribution >= 4 is 33.0 Å². The highest BCUT2D eigenvalue weighted by Crippen LogP contribution is 2.34. The van der Waals surface area contributed by atoms with E-state index in [1.165, 1.54) is 6.07 Å². The van der Waals surface area contributed by atoms with Crippen molar-refractivity contribution in [3.05, 3.63) is 46.6 Å². The van der Waals surface area contributed by atoms with Crippen LogP contribution in [0, 0.1) is 0 Å². The van der Waals surface area contributed by atoms with Crippen molar-refractivity contribution < 1.29 is 15.3 Å². The molecule has 2 aromatic carbocycles. The summed E-state index contributed by atoms with van der Waals surface area (Å²) in [6, 6.07) is 10.3. The quantitative estimate of drug-likeness (QED) is 0.468. The van der Waals surface area contributed by atoms with Crippen LogP contribution in [0.3, 0.4) is 0 Å². The highest BCUT2D eigenvalue weighted by atomic mass is 16.3. The molecule has 0 aliphatic heterocycles. The lowest BCUT2D eigenvalue weighted by Gasteiger charge is -2.20. The Morgan fingerprint density at radius 2 is 1.72 bits per heavy atom. The Morgan fingerprint density at radius 1 is 1.00 bits per heavy atom.